The molecule has 2 aromatic carbocycles. The molecule has 0 radical (unpaired) electrons. The monoisotopic (exact) mass is 572 g/mol. The number of fused-ring (bicyclic) bond motifs is 2. The number of carbonyl (C=O) groups is 1. The van der Waals surface area contributed by atoms with Crippen LogP contribution in [0.25, 0.3) is 33.1 Å². The highest BCUT2D eigenvalue weighted by Crippen LogP contribution is 2.34. The van der Waals surface area contributed by atoms with Crippen molar-refractivity contribution in [1.82, 2.24) is 25.1 Å². The molecule has 0 spiro atoms. The normalized spacial score (nSPS) is 15.6. The lowest BCUT2D eigenvalue weighted by Gasteiger charge is -2.26. The molecule has 6 rings (SSSR count). The van der Waals surface area contributed by atoms with Gasteiger partial charge in [0.1, 0.15) is 11.1 Å². The summed E-state index contributed by atoms with van der Waals surface area (Å²) in [6.45, 7) is 7.31. The Morgan fingerprint density at radius 3 is 2.76 bits per heavy atom. The molecule has 11 heteroatoms. The van der Waals surface area contributed by atoms with Crippen molar-refractivity contribution in [3.63, 3.8) is 0 Å². The number of ether oxygens (including phenoxy) is 1. The van der Waals surface area contributed by atoms with E-state index in [2.05, 4.69) is 40.6 Å². The SMILES string of the molecule is CC(=O)c1c(C2CNCCO2)c2ccc(Nc3ncc(Cl)c(-c4ccc5nn(C)c(C(C)C)c5c4)n3)cc2oc1=O. The second kappa shape index (κ2) is 10.7. The number of aryl methyl sites for hydroxylation is 1. The van der Waals surface area contributed by atoms with Crippen LogP contribution in [0, 0.1) is 0 Å². The molecule has 4 heterocycles. The molecule has 3 aromatic heterocycles. The Morgan fingerprint density at radius 2 is 2.02 bits per heavy atom. The van der Waals surface area contributed by atoms with Gasteiger partial charge in [0.2, 0.25) is 5.95 Å². The summed E-state index contributed by atoms with van der Waals surface area (Å²) in [6.07, 6.45) is 1.11. The molecule has 1 aliphatic heterocycles. The summed E-state index contributed by atoms with van der Waals surface area (Å²) in [7, 11) is 1.95. The predicted octanol–water partition coefficient (Wildman–Crippen LogP) is 5.52. The van der Waals surface area contributed by atoms with Gasteiger partial charge in [-0.3, -0.25) is 9.48 Å². The van der Waals surface area contributed by atoms with Gasteiger partial charge in [-0.05, 0) is 37.1 Å². The van der Waals surface area contributed by atoms with Crippen molar-refractivity contribution in [3.05, 3.63) is 74.9 Å². The average molecular weight is 573 g/mol. The Bertz CT molecular complexity index is 1870. The van der Waals surface area contributed by atoms with E-state index in [9.17, 15) is 9.59 Å². The summed E-state index contributed by atoms with van der Waals surface area (Å²) >= 11 is 6.55. The highest BCUT2D eigenvalue weighted by atomic mass is 35.5. The number of nitrogens with zero attached hydrogens (tertiary/aromatic N) is 4. The van der Waals surface area contributed by atoms with E-state index in [1.807, 2.05) is 29.9 Å². The van der Waals surface area contributed by atoms with Gasteiger partial charge in [-0.25, -0.2) is 14.8 Å². The zero-order valence-electron chi connectivity index (χ0n) is 23.1. The van der Waals surface area contributed by atoms with E-state index in [1.54, 1.807) is 18.3 Å². The molecular weight excluding hydrogens is 544 g/mol. The zero-order chi connectivity index (χ0) is 28.8. The van der Waals surface area contributed by atoms with Crippen LogP contribution in [0.2, 0.25) is 5.02 Å². The first-order chi connectivity index (χ1) is 19.7. The molecule has 0 amide bonds. The van der Waals surface area contributed by atoms with Crippen LogP contribution in [0.15, 0.2) is 51.8 Å². The molecule has 210 valence electrons. The second-order valence-electron chi connectivity index (χ2n) is 10.4. The van der Waals surface area contributed by atoms with Crippen LogP contribution in [0.4, 0.5) is 11.6 Å². The summed E-state index contributed by atoms with van der Waals surface area (Å²) in [5.74, 6) is 0.250. The summed E-state index contributed by atoms with van der Waals surface area (Å²) in [6, 6.07) is 11.3. The van der Waals surface area contributed by atoms with E-state index < -0.39 is 11.7 Å². The lowest BCUT2D eigenvalue weighted by molar-refractivity contribution is 0.0277. The maximum atomic E-state index is 12.9. The lowest BCUT2D eigenvalue weighted by atomic mass is 9.96. The molecule has 1 atom stereocenters. The fraction of sp³-hybridized carbons (Fsp3) is 0.300. The van der Waals surface area contributed by atoms with E-state index in [4.69, 9.17) is 25.7 Å². The molecule has 41 heavy (non-hydrogen) atoms. The zero-order valence-corrected chi connectivity index (χ0v) is 23.9. The van der Waals surface area contributed by atoms with E-state index in [1.165, 1.54) is 6.92 Å². The highest BCUT2D eigenvalue weighted by molar-refractivity contribution is 6.33. The van der Waals surface area contributed by atoms with E-state index in [0.29, 0.717) is 64.5 Å². The third kappa shape index (κ3) is 4.99. The molecular formula is C30H29ClN6O4. The van der Waals surface area contributed by atoms with E-state index in [-0.39, 0.29) is 11.3 Å². The van der Waals surface area contributed by atoms with Crippen LogP contribution in [-0.4, -0.2) is 45.2 Å². The first-order valence-corrected chi connectivity index (χ1v) is 13.8. The molecule has 5 aromatic rings. The number of benzene rings is 2. The van der Waals surface area contributed by atoms with Gasteiger partial charge in [-0.15, -0.1) is 0 Å². The number of ketones is 1. The number of anilines is 2. The van der Waals surface area contributed by atoms with Gasteiger partial charge in [0.15, 0.2) is 5.78 Å². The number of hydrogen-bond donors (Lipinski definition) is 2. The highest BCUT2D eigenvalue weighted by Gasteiger charge is 2.27. The largest absolute Gasteiger partial charge is 0.422 e. The number of nitrogens with one attached hydrogen (secondary N) is 2. The molecule has 1 saturated heterocycles. The first kappa shape index (κ1) is 27.1. The molecule has 1 unspecified atom stereocenters. The van der Waals surface area contributed by atoms with Crippen LogP contribution >= 0.6 is 11.6 Å². The number of aromatic nitrogens is 4. The minimum Gasteiger partial charge on any atom is -0.422 e. The summed E-state index contributed by atoms with van der Waals surface area (Å²) in [5.41, 5.74) is 4.25. The Kier molecular flexibility index (Phi) is 7.06. The minimum absolute atomic E-state index is 0.0174. The molecule has 0 bridgehead atoms. The van der Waals surface area contributed by atoms with Crippen molar-refractivity contribution in [2.24, 2.45) is 7.05 Å². The lowest BCUT2D eigenvalue weighted by Crippen LogP contribution is -2.35. The Labute approximate surface area is 240 Å². The van der Waals surface area contributed by atoms with Gasteiger partial charge in [-0.1, -0.05) is 31.5 Å². The quantitative estimate of drug-likeness (QED) is 0.200. The van der Waals surface area contributed by atoms with Crippen molar-refractivity contribution in [2.75, 3.05) is 25.0 Å². The third-order valence-corrected chi connectivity index (χ3v) is 7.53. The van der Waals surface area contributed by atoms with E-state index in [0.717, 1.165) is 22.2 Å². The Balaban J connectivity index is 1.38. The number of carbonyl (C=O) groups excluding carboxylic acids is 1. The Hall–Kier alpha value is -4.12. The number of halogens is 1. The summed E-state index contributed by atoms with van der Waals surface area (Å²) in [5, 5.41) is 13.2. The van der Waals surface area contributed by atoms with Crippen LogP contribution in [0.1, 0.15) is 54.4 Å². The van der Waals surface area contributed by atoms with E-state index >= 15 is 0 Å². The third-order valence-electron chi connectivity index (χ3n) is 7.25. The molecule has 0 aliphatic carbocycles. The second-order valence-corrected chi connectivity index (χ2v) is 10.8. The van der Waals surface area contributed by atoms with Crippen molar-refractivity contribution in [1.29, 1.82) is 0 Å². The average Bonchev–Trinajstić information content (AvgIpc) is 3.28. The first-order valence-electron chi connectivity index (χ1n) is 13.4. The summed E-state index contributed by atoms with van der Waals surface area (Å²) < 4.78 is 13.4. The Morgan fingerprint density at radius 1 is 1.20 bits per heavy atom. The van der Waals surface area contributed by atoms with Gasteiger partial charge in [0.05, 0.1) is 35.1 Å². The van der Waals surface area contributed by atoms with Gasteiger partial charge in [0, 0.05) is 59.5 Å². The van der Waals surface area contributed by atoms with Crippen molar-refractivity contribution in [3.8, 4) is 11.3 Å². The van der Waals surface area contributed by atoms with Crippen LogP contribution in [-0.2, 0) is 11.8 Å². The van der Waals surface area contributed by atoms with Gasteiger partial charge in [0.25, 0.3) is 0 Å². The maximum Gasteiger partial charge on any atom is 0.347 e. The number of rotatable bonds is 6. The van der Waals surface area contributed by atoms with Crippen molar-refractivity contribution >= 4 is 50.9 Å². The van der Waals surface area contributed by atoms with Crippen molar-refractivity contribution in [2.45, 2.75) is 32.8 Å². The van der Waals surface area contributed by atoms with Crippen molar-refractivity contribution < 1.29 is 13.9 Å². The topological polar surface area (TPSA) is 124 Å². The molecule has 1 aliphatic rings. The number of hydrogen-bond acceptors (Lipinski definition) is 9. The number of Topliss-reactive ketones (excluding diaryl/α,β-unsaturated/α-hetero) is 1. The molecule has 1 fully saturated rings. The standard InChI is InChI=1S/C30H29ClN6O4/c1-15(2)28-20-11-17(5-8-22(20)36-37(28)4)27-21(31)13-33-30(35-27)34-18-6-7-19-23(12-18)41-29(39)25(16(3)38)26(19)24-14-32-9-10-40-24/h5-8,11-13,15,24,32H,9-10,14H2,1-4H3,(H,33,34,35). The van der Waals surface area contributed by atoms with Gasteiger partial charge >= 0.3 is 5.63 Å². The van der Waals surface area contributed by atoms with Gasteiger partial charge < -0.3 is 19.8 Å². The minimum atomic E-state index is -0.692. The van der Waals surface area contributed by atoms with Gasteiger partial charge in [-0.2, -0.15) is 5.10 Å². The maximum absolute atomic E-state index is 12.9. The molecule has 2 N–H and O–H groups in total. The fourth-order valence-corrected chi connectivity index (χ4v) is 5.73. The summed E-state index contributed by atoms with van der Waals surface area (Å²) in [4.78, 5) is 34.3. The predicted molar refractivity (Wildman–Crippen MR) is 158 cm³/mol. The molecule has 0 saturated carbocycles. The van der Waals surface area contributed by atoms with Crippen LogP contribution in [0.5, 0.6) is 0 Å². The van der Waals surface area contributed by atoms with Crippen LogP contribution in [0.3, 0.4) is 0 Å². The number of morpholine rings is 1. The smallest absolute Gasteiger partial charge is 0.347 e. The van der Waals surface area contributed by atoms with Crippen LogP contribution < -0.4 is 16.3 Å². The fourth-order valence-electron chi connectivity index (χ4n) is 5.53. The molecule has 10 nitrogen and oxygen atoms in total.